The van der Waals surface area contributed by atoms with Crippen molar-refractivity contribution in [3.05, 3.63) is 22.7 Å². The Bertz CT molecular complexity index is 286. The number of nitrogens with zero attached hydrogens (tertiary/aromatic N) is 1. The predicted molar refractivity (Wildman–Crippen MR) is 60.0 cm³/mol. The van der Waals surface area contributed by atoms with Gasteiger partial charge in [0.2, 0.25) is 0 Å². The molecule has 3 heteroatoms. The minimum Gasteiger partial charge on any atom is -0.399 e. The number of hydrogen-bond acceptors (Lipinski definition) is 2. The van der Waals surface area contributed by atoms with Crippen LogP contribution in [0.4, 0.5) is 11.4 Å². The normalized spacial score (nSPS) is 16.5. The molecule has 0 aromatic heterocycles. The second-order valence-corrected chi connectivity index (χ2v) is 4.35. The van der Waals surface area contributed by atoms with Gasteiger partial charge in [-0.3, -0.25) is 0 Å². The highest BCUT2D eigenvalue weighted by Gasteiger charge is 2.12. The van der Waals surface area contributed by atoms with E-state index in [4.69, 9.17) is 5.73 Å². The van der Waals surface area contributed by atoms with Crippen molar-refractivity contribution in [1.29, 1.82) is 0 Å². The lowest BCUT2D eigenvalue weighted by molar-refractivity contribution is 0.949. The molecule has 0 saturated carbocycles. The maximum Gasteiger partial charge on any atom is 0.0398 e. The van der Waals surface area contributed by atoms with E-state index in [1.807, 2.05) is 12.1 Å². The molecule has 70 valence electrons. The van der Waals surface area contributed by atoms with E-state index in [0.717, 1.165) is 23.2 Å². The van der Waals surface area contributed by atoms with Crippen molar-refractivity contribution in [2.75, 3.05) is 23.7 Å². The summed E-state index contributed by atoms with van der Waals surface area (Å²) >= 11 is 3.45. The van der Waals surface area contributed by atoms with Crippen LogP contribution < -0.4 is 10.6 Å². The third kappa shape index (κ3) is 1.97. The lowest BCUT2D eigenvalue weighted by Gasteiger charge is -2.18. The average molecular weight is 241 g/mol. The maximum absolute atomic E-state index is 5.77. The molecule has 2 N–H and O–H groups in total. The van der Waals surface area contributed by atoms with Gasteiger partial charge in [0.05, 0.1) is 0 Å². The number of hydrogen-bond donors (Lipinski definition) is 1. The molecule has 0 atom stereocenters. The van der Waals surface area contributed by atoms with E-state index in [0.29, 0.717) is 0 Å². The molecule has 1 aromatic rings. The van der Waals surface area contributed by atoms with E-state index in [-0.39, 0.29) is 0 Å². The predicted octanol–water partition coefficient (Wildman–Crippen LogP) is 2.63. The Balaban J connectivity index is 2.28. The first kappa shape index (κ1) is 8.88. The number of nitrogens with two attached hydrogens (primary N) is 1. The Labute approximate surface area is 86.9 Å². The van der Waals surface area contributed by atoms with E-state index < -0.39 is 0 Å². The zero-order valence-corrected chi connectivity index (χ0v) is 9.05. The van der Waals surface area contributed by atoms with Crippen molar-refractivity contribution in [3.63, 3.8) is 0 Å². The Morgan fingerprint density at radius 3 is 2.46 bits per heavy atom. The Morgan fingerprint density at radius 2 is 1.85 bits per heavy atom. The van der Waals surface area contributed by atoms with E-state index in [1.54, 1.807) is 0 Å². The Kier molecular flexibility index (Phi) is 2.44. The summed E-state index contributed by atoms with van der Waals surface area (Å²) in [6.45, 7) is 2.33. The quantitative estimate of drug-likeness (QED) is 0.766. The zero-order chi connectivity index (χ0) is 9.26. The van der Waals surface area contributed by atoms with E-state index in [9.17, 15) is 0 Å². The molecular weight excluding hydrogens is 228 g/mol. The van der Waals surface area contributed by atoms with Gasteiger partial charge in [-0.2, -0.15) is 0 Å². The van der Waals surface area contributed by atoms with Gasteiger partial charge in [0.15, 0.2) is 0 Å². The lowest BCUT2D eigenvalue weighted by Crippen LogP contribution is -2.17. The van der Waals surface area contributed by atoms with Crippen molar-refractivity contribution >= 4 is 27.3 Å². The topological polar surface area (TPSA) is 29.3 Å². The van der Waals surface area contributed by atoms with Crippen LogP contribution >= 0.6 is 15.9 Å². The molecule has 1 aromatic carbocycles. The standard InChI is InChI=1S/C10H13BrN2/c11-8-5-9(12)7-10(6-8)13-3-1-2-4-13/h5-7H,1-4,12H2. The monoisotopic (exact) mass is 240 g/mol. The molecule has 1 aliphatic heterocycles. The molecule has 2 rings (SSSR count). The summed E-state index contributed by atoms with van der Waals surface area (Å²) in [5, 5.41) is 0. The Hall–Kier alpha value is -0.700. The number of rotatable bonds is 1. The number of nitrogen functional groups attached to an aromatic ring is 1. The van der Waals surface area contributed by atoms with Crippen LogP contribution in [0, 0.1) is 0 Å². The van der Waals surface area contributed by atoms with E-state index >= 15 is 0 Å². The molecular formula is C10H13BrN2. The maximum atomic E-state index is 5.77. The first-order valence-electron chi connectivity index (χ1n) is 4.57. The fourth-order valence-corrected chi connectivity index (χ4v) is 2.25. The van der Waals surface area contributed by atoms with Crippen LogP contribution in [0.2, 0.25) is 0 Å². The fraction of sp³-hybridized carbons (Fsp3) is 0.400. The molecule has 1 fully saturated rings. The van der Waals surface area contributed by atoms with Gasteiger partial charge in [-0.25, -0.2) is 0 Å². The summed E-state index contributed by atoms with van der Waals surface area (Å²) in [4.78, 5) is 2.38. The largest absolute Gasteiger partial charge is 0.399 e. The van der Waals surface area contributed by atoms with Crippen LogP contribution in [-0.2, 0) is 0 Å². The second-order valence-electron chi connectivity index (χ2n) is 3.44. The molecule has 13 heavy (non-hydrogen) atoms. The van der Waals surface area contributed by atoms with Crippen LogP contribution in [0.3, 0.4) is 0 Å². The molecule has 0 amide bonds. The van der Waals surface area contributed by atoms with Gasteiger partial charge in [-0.15, -0.1) is 0 Å². The number of anilines is 2. The number of halogens is 1. The summed E-state index contributed by atoms with van der Waals surface area (Å²) in [7, 11) is 0. The van der Waals surface area contributed by atoms with Crippen molar-refractivity contribution < 1.29 is 0 Å². The smallest absolute Gasteiger partial charge is 0.0398 e. The van der Waals surface area contributed by atoms with Crippen LogP contribution in [0.5, 0.6) is 0 Å². The highest BCUT2D eigenvalue weighted by molar-refractivity contribution is 9.10. The van der Waals surface area contributed by atoms with Crippen molar-refractivity contribution in [2.45, 2.75) is 12.8 Å². The van der Waals surface area contributed by atoms with Crippen molar-refractivity contribution in [2.24, 2.45) is 0 Å². The molecule has 2 nitrogen and oxygen atoms in total. The van der Waals surface area contributed by atoms with E-state index in [1.165, 1.54) is 18.5 Å². The van der Waals surface area contributed by atoms with Gasteiger partial charge in [-0.1, -0.05) is 15.9 Å². The fourth-order valence-electron chi connectivity index (χ4n) is 1.75. The van der Waals surface area contributed by atoms with E-state index in [2.05, 4.69) is 26.9 Å². The first-order chi connectivity index (χ1) is 6.25. The molecule has 0 radical (unpaired) electrons. The molecule has 0 aliphatic carbocycles. The second kappa shape index (κ2) is 3.58. The third-order valence-corrected chi connectivity index (χ3v) is 2.83. The van der Waals surface area contributed by atoms with Gasteiger partial charge >= 0.3 is 0 Å². The lowest BCUT2D eigenvalue weighted by atomic mass is 10.2. The van der Waals surface area contributed by atoms with Gasteiger partial charge < -0.3 is 10.6 Å². The summed E-state index contributed by atoms with van der Waals surface area (Å²) in [5.41, 5.74) is 7.84. The van der Waals surface area contributed by atoms with Crippen LogP contribution in [0.25, 0.3) is 0 Å². The Morgan fingerprint density at radius 1 is 1.15 bits per heavy atom. The minimum absolute atomic E-state index is 0.830. The molecule has 1 aliphatic rings. The van der Waals surface area contributed by atoms with Crippen LogP contribution in [0.1, 0.15) is 12.8 Å². The van der Waals surface area contributed by atoms with Gasteiger partial charge in [0, 0.05) is 28.9 Å². The van der Waals surface area contributed by atoms with Gasteiger partial charge in [0.1, 0.15) is 0 Å². The molecule has 0 unspecified atom stereocenters. The highest BCUT2D eigenvalue weighted by Crippen LogP contribution is 2.26. The zero-order valence-electron chi connectivity index (χ0n) is 7.46. The summed E-state index contributed by atoms with van der Waals surface area (Å²) < 4.78 is 1.06. The number of benzene rings is 1. The minimum atomic E-state index is 0.830. The van der Waals surface area contributed by atoms with Crippen molar-refractivity contribution in [3.8, 4) is 0 Å². The molecule has 1 saturated heterocycles. The van der Waals surface area contributed by atoms with Crippen molar-refractivity contribution in [1.82, 2.24) is 0 Å². The summed E-state index contributed by atoms with van der Waals surface area (Å²) in [5.74, 6) is 0. The summed E-state index contributed by atoms with van der Waals surface area (Å²) in [6, 6.07) is 6.09. The molecule has 0 bridgehead atoms. The van der Waals surface area contributed by atoms with Gasteiger partial charge in [0.25, 0.3) is 0 Å². The molecule has 1 heterocycles. The van der Waals surface area contributed by atoms with Gasteiger partial charge in [-0.05, 0) is 31.0 Å². The third-order valence-electron chi connectivity index (χ3n) is 2.38. The van der Waals surface area contributed by atoms with Crippen LogP contribution in [-0.4, -0.2) is 13.1 Å². The first-order valence-corrected chi connectivity index (χ1v) is 5.36. The highest BCUT2D eigenvalue weighted by atomic mass is 79.9. The SMILES string of the molecule is Nc1cc(Br)cc(N2CCCC2)c1. The molecule has 0 spiro atoms. The van der Waals surface area contributed by atoms with Crippen LogP contribution in [0.15, 0.2) is 22.7 Å². The average Bonchev–Trinajstić information content (AvgIpc) is 2.53. The summed E-state index contributed by atoms with van der Waals surface area (Å²) in [6.07, 6.45) is 2.60.